The fraction of sp³-hybridized carbons (Fsp3) is 0.429. The van der Waals surface area contributed by atoms with Crippen LogP contribution in [0, 0.1) is 5.41 Å². The van der Waals surface area contributed by atoms with Crippen LogP contribution in [0.25, 0.3) is 0 Å². The van der Waals surface area contributed by atoms with Gasteiger partial charge in [0.1, 0.15) is 5.75 Å². The molecule has 6 nitrogen and oxygen atoms in total. The van der Waals surface area contributed by atoms with Crippen LogP contribution in [0.3, 0.4) is 0 Å². The zero-order valence-electron chi connectivity index (χ0n) is 11.9. The molecule has 0 aliphatic heterocycles. The maximum atomic E-state index is 11.7. The van der Waals surface area contributed by atoms with Crippen molar-refractivity contribution in [2.75, 3.05) is 18.5 Å². The van der Waals surface area contributed by atoms with Gasteiger partial charge < -0.3 is 20.5 Å². The largest absolute Gasteiger partial charge is 0.482 e. The molecule has 0 saturated carbocycles. The van der Waals surface area contributed by atoms with Gasteiger partial charge in [-0.1, -0.05) is 26.8 Å². The lowest BCUT2D eigenvalue weighted by Crippen LogP contribution is -2.35. The van der Waals surface area contributed by atoms with Gasteiger partial charge in [0.15, 0.2) is 6.61 Å². The molecule has 0 fully saturated rings. The van der Waals surface area contributed by atoms with Gasteiger partial charge in [-0.05, 0) is 17.5 Å². The minimum absolute atomic E-state index is 0.00376. The molecule has 0 bridgehead atoms. The number of carboxylic acids is 1. The summed E-state index contributed by atoms with van der Waals surface area (Å²) in [7, 11) is 0. The summed E-state index contributed by atoms with van der Waals surface area (Å²) in [6, 6.07) is 6.26. The SMILES string of the molecule is CC(C)(C)CNC(=O)Nc1cccc(OCC(=O)O)c1. The molecule has 3 N–H and O–H groups in total. The molecule has 1 aromatic rings. The molecule has 6 heteroatoms. The third-order valence-corrected chi connectivity index (χ3v) is 2.23. The van der Waals surface area contributed by atoms with Crippen molar-refractivity contribution in [1.82, 2.24) is 5.32 Å². The van der Waals surface area contributed by atoms with Crippen LogP contribution in [0.5, 0.6) is 5.75 Å². The average Bonchev–Trinajstić information content (AvgIpc) is 2.34. The van der Waals surface area contributed by atoms with Crippen LogP contribution in [-0.2, 0) is 4.79 Å². The van der Waals surface area contributed by atoms with Crippen molar-refractivity contribution in [3.63, 3.8) is 0 Å². The quantitative estimate of drug-likeness (QED) is 0.772. The molecule has 0 radical (unpaired) electrons. The molecule has 1 rings (SSSR count). The van der Waals surface area contributed by atoms with E-state index in [1.54, 1.807) is 24.3 Å². The summed E-state index contributed by atoms with van der Waals surface area (Å²) < 4.78 is 5.03. The molecule has 1 aromatic carbocycles. The monoisotopic (exact) mass is 280 g/mol. The van der Waals surface area contributed by atoms with Gasteiger partial charge in [0, 0.05) is 18.3 Å². The maximum absolute atomic E-state index is 11.7. The molecule has 0 unspecified atom stereocenters. The van der Waals surface area contributed by atoms with Crippen molar-refractivity contribution in [2.45, 2.75) is 20.8 Å². The third kappa shape index (κ3) is 6.63. The van der Waals surface area contributed by atoms with E-state index in [0.717, 1.165) is 0 Å². The van der Waals surface area contributed by atoms with Crippen LogP contribution in [-0.4, -0.2) is 30.3 Å². The summed E-state index contributed by atoms with van der Waals surface area (Å²) in [4.78, 5) is 22.1. The van der Waals surface area contributed by atoms with E-state index in [2.05, 4.69) is 10.6 Å². The van der Waals surface area contributed by atoms with Crippen molar-refractivity contribution in [1.29, 1.82) is 0 Å². The first kappa shape index (κ1) is 15.8. The predicted octanol–water partition coefficient (Wildman–Crippen LogP) is 2.32. The molecule has 110 valence electrons. The maximum Gasteiger partial charge on any atom is 0.341 e. The van der Waals surface area contributed by atoms with Crippen molar-refractivity contribution < 1.29 is 19.4 Å². The normalized spacial score (nSPS) is 10.8. The van der Waals surface area contributed by atoms with E-state index in [0.29, 0.717) is 18.0 Å². The number of hydrogen-bond donors (Lipinski definition) is 3. The zero-order chi connectivity index (χ0) is 15.2. The van der Waals surface area contributed by atoms with Gasteiger partial charge in [-0.25, -0.2) is 9.59 Å². The second-order valence-electron chi connectivity index (χ2n) is 5.58. The topological polar surface area (TPSA) is 87.7 Å². The van der Waals surface area contributed by atoms with Gasteiger partial charge in [-0.2, -0.15) is 0 Å². The number of rotatable bonds is 5. The van der Waals surface area contributed by atoms with Gasteiger partial charge in [0.25, 0.3) is 0 Å². The van der Waals surface area contributed by atoms with Crippen molar-refractivity contribution in [3.05, 3.63) is 24.3 Å². The van der Waals surface area contributed by atoms with Gasteiger partial charge in [0.2, 0.25) is 0 Å². The molecular weight excluding hydrogens is 260 g/mol. The van der Waals surface area contributed by atoms with Crippen LogP contribution in [0.4, 0.5) is 10.5 Å². The van der Waals surface area contributed by atoms with E-state index in [-0.39, 0.29) is 11.4 Å². The van der Waals surface area contributed by atoms with Gasteiger partial charge in [0.05, 0.1) is 0 Å². The highest BCUT2D eigenvalue weighted by Gasteiger charge is 2.12. The number of carbonyl (C=O) groups excluding carboxylic acids is 1. The summed E-state index contributed by atoms with van der Waals surface area (Å²) in [6.07, 6.45) is 0. The Balaban J connectivity index is 2.53. The highest BCUT2D eigenvalue weighted by molar-refractivity contribution is 5.89. The van der Waals surface area contributed by atoms with Crippen molar-refractivity contribution >= 4 is 17.7 Å². The van der Waals surface area contributed by atoms with Gasteiger partial charge >= 0.3 is 12.0 Å². The number of nitrogens with one attached hydrogen (secondary N) is 2. The first-order valence-corrected chi connectivity index (χ1v) is 6.26. The lowest BCUT2D eigenvalue weighted by Gasteiger charge is -2.19. The van der Waals surface area contributed by atoms with Crippen LogP contribution in [0.2, 0.25) is 0 Å². The Hall–Kier alpha value is -2.24. The number of carbonyl (C=O) groups is 2. The molecule has 0 saturated heterocycles. The second-order valence-corrected chi connectivity index (χ2v) is 5.58. The van der Waals surface area contributed by atoms with E-state index in [9.17, 15) is 9.59 Å². The number of anilines is 1. The predicted molar refractivity (Wildman–Crippen MR) is 76.0 cm³/mol. The molecule has 20 heavy (non-hydrogen) atoms. The molecule has 0 aliphatic rings. The van der Waals surface area contributed by atoms with E-state index in [1.165, 1.54) is 0 Å². The summed E-state index contributed by atoms with van der Waals surface area (Å²) >= 11 is 0. The summed E-state index contributed by atoms with van der Waals surface area (Å²) in [6.45, 7) is 6.20. The summed E-state index contributed by atoms with van der Waals surface area (Å²) in [5.74, 6) is -0.660. The lowest BCUT2D eigenvalue weighted by molar-refractivity contribution is -0.139. The number of benzene rings is 1. The summed E-state index contributed by atoms with van der Waals surface area (Å²) in [5.41, 5.74) is 0.545. The van der Waals surface area contributed by atoms with Gasteiger partial charge in [-0.3, -0.25) is 0 Å². The standard InChI is InChI=1S/C14H20N2O4/c1-14(2,3)9-15-13(19)16-10-5-4-6-11(7-10)20-8-12(17)18/h4-7H,8-9H2,1-3H3,(H,17,18)(H2,15,16,19). The Kier molecular flexibility index (Phi) is 5.37. The van der Waals surface area contributed by atoms with Crippen LogP contribution >= 0.6 is 0 Å². The molecule has 0 spiro atoms. The fourth-order valence-electron chi connectivity index (χ4n) is 1.33. The first-order chi connectivity index (χ1) is 9.26. The number of urea groups is 1. The van der Waals surface area contributed by atoms with E-state index in [1.807, 2.05) is 20.8 Å². The van der Waals surface area contributed by atoms with Crippen LogP contribution < -0.4 is 15.4 Å². The Morgan fingerprint density at radius 2 is 2.00 bits per heavy atom. The number of ether oxygens (including phenoxy) is 1. The Morgan fingerprint density at radius 3 is 2.60 bits per heavy atom. The van der Waals surface area contributed by atoms with Crippen LogP contribution in [0.1, 0.15) is 20.8 Å². The molecule has 0 aromatic heterocycles. The van der Waals surface area contributed by atoms with Crippen molar-refractivity contribution in [2.24, 2.45) is 5.41 Å². The highest BCUT2D eigenvalue weighted by atomic mass is 16.5. The van der Waals surface area contributed by atoms with E-state index >= 15 is 0 Å². The summed E-state index contributed by atoms with van der Waals surface area (Å²) in [5, 5.41) is 14.0. The molecule has 0 heterocycles. The third-order valence-electron chi connectivity index (χ3n) is 2.23. The Bertz CT molecular complexity index is 480. The number of hydrogen-bond acceptors (Lipinski definition) is 3. The molecular formula is C14H20N2O4. The first-order valence-electron chi connectivity index (χ1n) is 6.26. The second kappa shape index (κ2) is 6.79. The number of amides is 2. The number of carboxylic acid groups (broad SMARTS) is 1. The van der Waals surface area contributed by atoms with E-state index in [4.69, 9.17) is 9.84 Å². The molecule has 0 atom stereocenters. The van der Waals surface area contributed by atoms with E-state index < -0.39 is 12.6 Å². The zero-order valence-corrected chi connectivity index (χ0v) is 11.9. The number of aliphatic carboxylic acids is 1. The lowest BCUT2D eigenvalue weighted by atomic mass is 9.97. The minimum atomic E-state index is -1.05. The highest BCUT2D eigenvalue weighted by Crippen LogP contribution is 2.17. The minimum Gasteiger partial charge on any atom is -0.482 e. The van der Waals surface area contributed by atoms with Gasteiger partial charge in [-0.15, -0.1) is 0 Å². The fourth-order valence-corrected chi connectivity index (χ4v) is 1.33. The Morgan fingerprint density at radius 1 is 1.30 bits per heavy atom. The van der Waals surface area contributed by atoms with Crippen LogP contribution in [0.15, 0.2) is 24.3 Å². The van der Waals surface area contributed by atoms with Crippen molar-refractivity contribution in [3.8, 4) is 5.75 Å². The average molecular weight is 280 g/mol. The molecule has 2 amide bonds. The Labute approximate surface area is 118 Å². The molecule has 0 aliphatic carbocycles. The smallest absolute Gasteiger partial charge is 0.341 e.